The minimum absolute atomic E-state index is 0.0344. The fraction of sp³-hybridized carbons (Fsp3) is 0.290. The largest absolute Gasteiger partial charge is 0.507 e. The van der Waals surface area contributed by atoms with E-state index < -0.39 is 17.7 Å². The second kappa shape index (κ2) is 10.4. The number of nitrogens with zero attached hydrogens (tertiary/aromatic N) is 1. The Bertz CT molecular complexity index is 1270. The summed E-state index contributed by atoms with van der Waals surface area (Å²) in [5.41, 5.74) is 3.52. The van der Waals surface area contributed by atoms with Gasteiger partial charge >= 0.3 is 0 Å². The first-order valence-electron chi connectivity index (χ1n) is 12.4. The van der Waals surface area contributed by atoms with Crippen molar-refractivity contribution in [2.45, 2.75) is 45.6 Å². The number of rotatable bonds is 7. The summed E-state index contributed by atoms with van der Waals surface area (Å²) in [7, 11) is 0. The molecule has 1 aliphatic heterocycles. The van der Waals surface area contributed by atoms with Gasteiger partial charge in [-0.05, 0) is 47.6 Å². The smallest absolute Gasteiger partial charge is 0.295 e. The molecule has 1 atom stereocenters. The van der Waals surface area contributed by atoms with E-state index in [4.69, 9.17) is 4.74 Å². The molecule has 0 radical (unpaired) electrons. The molecule has 3 aromatic rings. The van der Waals surface area contributed by atoms with Crippen molar-refractivity contribution in [3.63, 3.8) is 0 Å². The van der Waals surface area contributed by atoms with Crippen LogP contribution in [0.1, 0.15) is 56.0 Å². The molecule has 1 heterocycles. The normalized spacial score (nSPS) is 17.4. The van der Waals surface area contributed by atoms with Gasteiger partial charge in [0.25, 0.3) is 11.7 Å². The summed E-state index contributed by atoms with van der Waals surface area (Å²) < 4.78 is 5.58. The molecule has 1 N–H and O–H groups in total. The zero-order chi connectivity index (χ0) is 25.9. The van der Waals surface area contributed by atoms with Gasteiger partial charge in [0.2, 0.25) is 0 Å². The van der Waals surface area contributed by atoms with Crippen molar-refractivity contribution in [2.75, 3.05) is 13.2 Å². The molecule has 1 saturated heterocycles. The number of carbonyl (C=O) groups excluding carboxylic acids is 2. The van der Waals surface area contributed by atoms with Crippen LogP contribution in [0, 0.1) is 0 Å². The lowest BCUT2D eigenvalue weighted by atomic mass is 9.85. The van der Waals surface area contributed by atoms with Crippen LogP contribution in [0.2, 0.25) is 0 Å². The zero-order valence-electron chi connectivity index (χ0n) is 21.3. The number of carbonyl (C=O) groups is 2. The summed E-state index contributed by atoms with van der Waals surface area (Å²) in [6, 6.07) is 24.1. The number of aliphatic hydroxyl groups is 1. The van der Waals surface area contributed by atoms with Crippen LogP contribution < -0.4 is 4.74 Å². The van der Waals surface area contributed by atoms with Crippen LogP contribution in [-0.4, -0.2) is 34.8 Å². The van der Waals surface area contributed by atoms with Gasteiger partial charge in [0, 0.05) is 12.1 Å². The number of Topliss-reactive ketones (excluding diaryl/α,β-unsaturated/α-hetero) is 1. The minimum atomic E-state index is -0.682. The molecule has 186 valence electrons. The molecule has 3 aromatic carbocycles. The Morgan fingerprint density at radius 3 is 2.28 bits per heavy atom. The predicted octanol–water partition coefficient (Wildman–Crippen LogP) is 6.05. The molecule has 1 unspecified atom stereocenters. The van der Waals surface area contributed by atoms with Gasteiger partial charge in [0.1, 0.15) is 11.5 Å². The highest BCUT2D eigenvalue weighted by atomic mass is 16.5. The topological polar surface area (TPSA) is 66.8 Å². The molecule has 0 aliphatic carbocycles. The SMILES string of the molecule is CCOc1cccc(C(O)=C2C(=O)C(=O)N(CCc3ccccc3)C2c2ccc(C(C)(C)C)cc2)c1. The second-order valence-electron chi connectivity index (χ2n) is 10.1. The average Bonchev–Trinajstić information content (AvgIpc) is 3.12. The molecular formula is C31H33NO4. The molecule has 5 nitrogen and oxygen atoms in total. The van der Waals surface area contributed by atoms with Gasteiger partial charge in [0.15, 0.2) is 0 Å². The maximum Gasteiger partial charge on any atom is 0.295 e. The van der Waals surface area contributed by atoms with Gasteiger partial charge < -0.3 is 14.7 Å². The number of hydrogen-bond donors (Lipinski definition) is 1. The quantitative estimate of drug-likeness (QED) is 0.252. The Labute approximate surface area is 213 Å². The number of aliphatic hydroxyl groups excluding tert-OH is 1. The third-order valence-electron chi connectivity index (χ3n) is 6.54. The molecule has 0 aromatic heterocycles. The van der Waals surface area contributed by atoms with E-state index in [-0.39, 0.29) is 16.7 Å². The Balaban J connectivity index is 1.79. The first-order chi connectivity index (χ1) is 17.2. The van der Waals surface area contributed by atoms with Gasteiger partial charge in [-0.2, -0.15) is 0 Å². The van der Waals surface area contributed by atoms with Gasteiger partial charge in [-0.3, -0.25) is 9.59 Å². The number of amides is 1. The van der Waals surface area contributed by atoms with Crippen molar-refractivity contribution in [1.82, 2.24) is 4.90 Å². The second-order valence-corrected chi connectivity index (χ2v) is 10.1. The molecule has 0 spiro atoms. The number of ether oxygens (including phenoxy) is 1. The van der Waals surface area contributed by atoms with E-state index in [1.807, 2.05) is 61.5 Å². The van der Waals surface area contributed by atoms with Crippen LogP contribution in [0.3, 0.4) is 0 Å². The van der Waals surface area contributed by atoms with Crippen LogP contribution in [-0.2, 0) is 21.4 Å². The van der Waals surface area contributed by atoms with Crippen molar-refractivity contribution in [2.24, 2.45) is 0 Å². The van der Waals surface area contributed by atoms with E-state index in [1.165, 1.54) is 0 Å². The van der Waals surface area contributed by atoms with Crippen molar-refractivity contribution in [3.8, 4) is 5.75 Å². The van der Waals surface area contributed by atoms with Gasteiger partial charge in [-0.25, -0.2) is 0 Å². The Morgan fingerprint density at radius 2 is 1.64 bits per heavy atom. The van der Waals surface area contributed by atoms with Gasteiger partial charge in [0.05, 0.1) is 18.2 Å². The van der Waals surface area contributed by atoms with Crippen molar-refractivity contribution >= 4 is 17.4 Å². The third-order valence-corrected chi connectivity index (χ3v) is 6.54. The molecule has 1 fully saturated rings. The molecule has 4 rings (SSSR count). The Hall–Kier alpha value is -3.86. The highest BCUT2D eigenvalue weighted by Gasteiger charge is 2.45. The van der Waals surface area contributed by atoms with Crippen LogP contribution in [0.15, 0.2) is 84.4 Å². The Morgan fingerprint density at radius 1 is 0.944 bits per heavy atom. The maximum absolute atomic E-state index is 13.3. The summed E-state index contributed by atoms with van der Waals surface area (Å²) in [5, 5.41) is 11.3. The van der Waals surface area contributed by atoms with Crippen molar-refractivity contribution in [1.29, 1.82) is 0 Å². The lowest BCUT2D eigenvalue weighted by Crippen LogP contribution is -2.31. The summed E-state index contributed by atoms with van der Waals surface area (Å²) in [4.78, 5) is 28.2. The van der Waals surface area contributed by atoms with E-state index in [2.05, 4.69) is 20.8 Å². The number of likely N-dealkylation sites (tertiary alicyclic amines) is 1. The average molecular weight is 484 g/mol. The predicted molar refractivity (Wildman–Crippen MR) is 142 cm³/mol. The highest BCUT2D eigenvalue weighted by molar-refractivity contribution is 6.46. The molecule has 0 saturated carbocycles. The number of hydrogen-bond acceptors (Lipinski definition) is 4. The van der Waals surface area contributed by atoms with E-state index in [1.54, 1.807) is 29.2 Å². The van der Waals surface area contributed by atoms with Crippen molar-refractivity contribution in [3.05, 3.63) is 107 Å². The Kier molecular flexibility index (Phi) is 7.30. The molecule has 0 bridgehead atoms. The molecule has 36 heavy (non-hydrogen) atoms. The first kappa shape index (κ1) is 25.2. The number of ketones is 1. The molecule has 5 heteroatoms. The monoisotopic (exact) mass is 483 g/mol. The van der Waals surface area contributed by atoms with Gasteiger partial charge in [-0.15, -0.1) is 0 Å². The fourth-order valence-corrected chi connectivity index (χ4v) is 4.57. The van der Waals surface area contributed by atoms with Crippen LogP contribution >= 0.6 is 0 Å². The summed E-state index contributed by atoms with van der Waals surface area (Å²) in [6.45, 7) is 9.13. The lowest BCUT2D eigenvalue weighted by molar-refractivity contribution is -0.139. The van der Waals surface area contributed by atoms with Crippen LogP contribution in [0.4, 0.5) is 0 Å². The zero-order valence-corrected chi connectivity index (χ0v) is 21.3. The molecule has 1 aliphatic rings. The summed E-state index contributed by atoms with van der Waals surface area (Å²) in [6.07, 6.45) is 0.601. The maximum atomic E-state index is 13.3. The third kappa shape index (κ3) is 5.20. The molecular weight excluding hydrogens is 450 g/mol. The lowest BCUT2D eigenvalue weighted by Gasteiger charge is -2.26. The van der Waals surface area contributed by atoms with E-state index in [9.17, 15) is 14.7 Å². The first-order valence-corrected chi connectivity index (χ1v) is 12.4. The minimum Gasteiger partial charge on any atom is -0.507 e. The summed E-state index contributed by atoms with van der Waals surface area (Å²) >= 11 is 0. The summed E-state index contributed by atoms with van der Waals surface area (Å²) in [5.74, 6) is -0.876. The van der Waals surface area contributed by atoms with E-state index in [0.29, 0.717) is 30.9 Å². The van der Waals surface area contributed by atoms with Crippen LogP contribution in [0.5, 0.6) is 5.75 Å². The standard InChI is InChI=1S/C31H33NO4/c1-5-36-25-13-9-12-23(20-25)28(33)26-27(22-14-16-24(17-15-22)31(2,3)4)32(30(35)29(26)34)19-18-21-10-7-6-8-11-21/h6-17,20,27,33H,5,18-19H2,1-4H3. The fourth-order valence-electron chi connectivity index (χ4n) is 4.57. The highest BCUT2D eigenvalue weighted by Crippen LogP contribution is 2.40. The van der Waals surface area contributed by atoms with Gasteiger partial charge in [-0.1, -0.05) is 87.5 Å². The van der Waals surface area contributed by atoms with Crippen molar-refractivity contribution < 1.29 is 19.4 Å². The van der Waals surface area contributed by atoms with E-state index in [0.717, 1.165) is 16.7 Å². The molecule has 1 amide bonds. The number of benzene rings is 3. The van der Waals surface area contributed by atoms with E-state index >= 15 is 0 Å². The van der Waals surface area contributed by atoms with Crippen LogP contribution in [0.25, 0.3) is 5.76 Å².